The summed E-state index contributed by atoms with van der Waals surface area (Å²) in [4.78, 5) is 29.1. The van der Waals surface area contributed by atoms with Crippen molar-refractivity contribution in [3.8, 4) is 0 Å². The molecule has 0 radical (unpaired) electrons. The number of carbonyl (C=O) groups is 2. The van der Waals surface area contributed by atoms with E-state index in [4.69, 9.17) is 12.2 Å². The lowest BCUT2D eigenvalue weighted by molar-refractivity contribution is -0.116. The first-order valence-corrected chi connectivity index (χ1v) is 8.09. The third-order valence-corrected chi connectivity index (χ3v) is 4.17. The maximum atomic E-state index is 14.0. The van der Waals surface area contributed by atoms with Gasteiger partial charge in [-0.2, -0.15) is 0 Å². The predicted molar refractivity (Wildman–Crippen MR) is 93.2 cm³/mol. The second-order valence-electron chi connectivity index (χ2n) is 4.83. The van der Waals surface area contributed by atoms with Gasteiger partial charge in [0.05, 0.1) is 11.4 Å². The number of carbonyl (C=O) groups excluding carboxylic acids is 2. The summed E-state index contributed by atoms with van der Waals surface area (Å²) < 4.78 is 14.0. The van der Waals surface area contributed by atoms with Crippen molar-refractivity contribution < 1.29 is 14.0 Å². The monoisotopic (exact) mass is 362 g/mol. The minimum absolute atomic E-state index is 0.122. The van der Waals surface area contributed by atoms with Crippen LogP contribution in [0.1, 0.15) is 12.6 Å². The van der Waals surface area contributed by atoms with Crippen LogP contribution in [-0.4, -0.2) is 21.9 Å². The zero-order valence-corrected chi connectivity index (χ0v) is 14.0. The molecule has 2 heterocycles. The van der Waals surface area contributed by atoms with Crippen molar-refractivity contribution >= 4 is 57.4 Å². The molecule has 2 amide bonds. The lowest BCUT2D eigenvalue weighted by atomic mass is 10.3. The van der Waals surface area contributed by atoms with Crippen LogP contribution in [0.4, 0.5) is 15.2 Å². The number of amides is 2. The van der Waals surface area contributed by atoms with E-state index in [1.165, 1.54) is 41.4 Å². The normalized spacial score (nSPS) is 15.3. The standard InChI is InChI=1S/C15H11FN4O2S2/c1-8(21)20(12-5-3-2-4-10(12)16)15-17-9(7-24-15)6-11-13(22)19-14(23)18-11/h2-7H,1H3,(H2,18,19,22,23)/b11-6-. The van der Waals surface area contributed by atoms with Gasteiger partial charge in [-0.3, -0.25) is 19.8 Å². The highest BCUT2D eigenvalue weighted by Crippen LogP contribution is 2.31. The SMILES string of the molecule is CC(=O)N(c1nc(/C=C2\NC(=S)NC2=O)cs1)c1ccccc1F. The van der Waals surface area contributed by atoms with Gasteiger partial charge < -0.3 is 5.32 Å². The maximum absolute atomic E-state index is 14.0. The molecule has 1 saturated heterocycles. The quantitative estimate of drug-likeness (QED) is 0.647. The minimum atomic E-state index is -0.523. The molecule has 1 aliphatic heterocycles. The van der Waals surface area contributed by atoms with Crippen LogP contribution in [0.2, 0.25) is 0 Å². The zero-order chi connectivity index (χ0) is 17.3. The van der Waals surface area contributed by atoms with Gasteiger partial charge in [-0.25, -0.2) is 9.37 Å². The maximum Gasteiger partial charge on any atom is 0.273 e. The van der Waals surface area contributed by atoms with Crippen LogP contribution in [0.5, 0.6) is 0 Å². The Bertz CT molecular complexity index is 878. The number of hydrogen-bond acceptors (Lipinski definition) is 5. The first kappa shape index (κ1) is 16.2. The lowest BCUT2D eigenvalue weighted by Crippen LogP contribution is -2.23. The van der Waals surface area contributed by atoms with Gasteiger partial charge >= 0.3 is 0 Å². The molecule has 0 unspecified atom stereocenters. The summed E-state index contributed by atoms with van der Waals surface area (Å²) in [6, 6.07) is 5.96. The Morgan fingerprint density at radius 1 is 1.38 bits per heavy atom. The summed E-state index contributed by atoms with van der Waals surface area (Å²) in [5, 5.41) is 7.34. The molecular weight excluding hydrogens is 351 g/mol. The van der Waals surface area contributed by atoms with Crippen LogP contribution in [0.25, 0.3) is 6.08 Å². The fourth-order valence-corrected chi connectivity index (χ4v) is 3.16. The number of benzene rings is 1. The Morgan fingerprint density at radius 3 is 2.75 bits per heavy atom. The van der Waals surface area contributed by atoms with Crippen LogP contribution >= 0.6 is 23.6 Å². The second kappa shape index (κ2) is 6.46. The third kappa shape index (κ3) is 3.17. The molecule has 9 heteroatoms. The van der Waals surface area contributed by atoms with Gasteiger partial charge in [0.1, 0.15) is 11.5 Å². The van der Waals surface area contributed by atoms with E-state index in [-0.39, 0.29) is 28.3 Å². The number of thiocarbonyl (C=S) groups is 1. The van der Waals surface area contributed by atoms with Crippen LogP contribution < -0.4 is 15.5 Å². The first-order valence-electron chi connectivity index (χ1n) is 6.80. The van der Waals surface area contributed by atoms with Crippen LogP contribution in [0.3, 0.4) is 0 Å². The van der Waals surface area contributed by atoms with Gasteiger partial charge in [0.15, 0.2) is 10.2 Å². The predicted octanol–water partition coefficient (Wildman–Crippen LogP) is 2.31. The summed E-state index contributed by atoms with van der Waals surface area (Å²) in [7, 11) is 0. The van der Waals surface area contributed by atoms with Gasteiger partial charge in [0, 0.05) is 12.3 Å². The van der Waals surface area contributed by atoms with Crippen molar-refractivity contribution in [1.29, 1.82) is 0 Å². The average molecular weight is 362 g/mol. The molecule has 1 aromatic heterocycles. The van der Waals surface area contributed by atoms with E-state index in [2.05, 4.69) is 15.6 Å². The van der Waals surface area contributed by atoms with Gasteiger partial charge in [-0.1, -0.05) is 12.1 Å². The number of hydrogen-bond donors (Lipinski definition) is 2. The molecule has 6 nitrogen and oxygen atoms in total. The molecule has 0 aliphatic carbocycles. The molecular formula is C15H11FN4O2S2. The highest BCUT2D eigenvalue weighted by Gasteiger charge is 2.23. The third-order valence-electron chi connectivity index (χ3n) is 3.12. The summed E-state index contributed by atoms with van der Waals surface area (Å²) in [6.45, 7) is 1.33. The van der Waals surface area contributed by atoms with Crippen LogP contribution in [0, 0.1) is 5.82 Å². The smallest absolute Gasteiger partial charge is 0.273 e. The summed E-state index contributed by atoms with van der Waals surface area (Å²) in [5.74, 6) is -1.25. The number of aromatic nitrogens is 1. The molecule has 1 aromatic carbocycles. The Labute approximate surface area is 146 Å². The van der Waals surface area contributed by atoms with Crippen LogP contribution in [-0.2, 0) is 9.59 Å². The summed E-state index contributed by atoms with van der Waals surface area (Å²) >= 11 is 6.02. The van der Waals surface area contributed by atoms with Crippen molar-refractivity contribution in [2.24, 2.45) is 0 Å². The Kier molecular flexibility index (Phi) is 4.36. The molecule has 3 rings (SSSR count). The number of rotatable bonds is 3. The van der Waals surface area contributed by atoms with E-state index in [1.54, 1.807) is 17.5 Å². The first-order chi connectivity index (χ1) is 11.5. The second-order valence-corrected chi connectivity index (χ2v) is 6.07. The summed E-state index contributed by atoms with van der Waals surface area (Å²) in [5.41, 5.74) is 0.841. The van der Waals surface area contributed by atoms with Gasteiger partial charge in [-0.05, 0) is 30.4 Å². The molecule has 0 spiro atoms. The van der Waals surface area contributed by atoms with Crippen molar-refractivity contribution in [2.45, 2.75) is 6.92 Å². The van der Waals surface area contributed by atoms with Gasteiger partial charge in [0.2, 0.25) is 5.91 Å². The van der Waals surface area contributed by atoms with E-state index >= 15 is 0 Å². The molecule has 2 N–H and O–H groups in total. The summed E-state index contributed by atoms with van der Waals surface area (Å²) in [6.07, 6.45) is 1.51. The number of anilines is 2. The molecule has 0 saturated carbocycles. The average Bonchev–Trinajstić information content (AvgIpc) is 3.08. The van der Waals surface area contributed by atoms with Gasteiger partial charge in [0.25, 0.3) is 5.91 Å². The van der Waals surface area contributed by atoms with E-state index in [0.717, 1.165) is 0 Å². The molecule has 2 aromatic rings. The fourth-order valence-electron chi connectivity index (χ4n) is 2.12. The Morgan fingerprint density at radius 2 is 2.12 bits per heavy atom. The topological polar surface area (TPSA) is 74.3 Å². The fraction of sp³-hybridized carbons (Fsp3) is 0.0667. The highest BCUT2D eigenvalue weighted by molar-refractivity contribution is 7.80. The van der Waals surface area contributed by atoms with E-state index < -0.39 is 5.82 Å². The van der Waals surface area contributed by atoms with Crippen molar-refractivity contribution in [3.05, 3.63) is 46.9 Å². The van der Waals surface area contributed by atoms with E-state index in [9.17, 15) is 14.0 Å². The molecule has 1 fully saturated rings. The number of nitrogens with zero attached hydrogens (tertiary/aromatic N) is 2. The Hall–Kier alpha value is -2.65. The van der Waals surface area contributed by atoms with Crippen molar-refractivity contribution in [3.63, 3.8) is 0 Å². The molecule has 1 aliphatic rings. The van der Waals surface area contributed by atoms with E-state index in [1.807, 2.05) is 0 Å². The van der Waals surface area contributed by atoms with Crippen molar-refractivity contribution in [1.82, 2.24) is 15.6 Å². The van der Waals surface area contributed by atoms with Crippen molar-refractivity contribution in [2.75, 3.05) is 4.90 Å². The number of halogens is 1. The minimum Gasteiger partial charge on any atom is -0.328 e. The van der Waals surface area contributed by atoms with E-state index in [0.29, 0.717) is 10.8 Å². The number of nitrogens with one attached hydrogen (secondary N) is 2. The Balaban J connectivity index is 1.95. The molecule has 24 heavy (non-hydrogen) atoms. The molecule has 0 bridgehead atoms. The lowest BCUT2D eigenvalue weighted by Gasteiger charge is -2.18. The number of thiazole rings is 1. The number of para-hydroxylation sites is 1. The largest absolute Gasteiger partial charge is 0.328 e. The van der Waals surface area contributed by atoms with Crippen LogP contribution in [0.15, 0.2) is 35.3 Å². The zero-order valence-electron chi connectivity index (χ0n) is 12.4. The highest BCUT2D eigenvalue weighted by atomic mass is 32.1. The molecule has 122 valence electrons. The molecule has 0 atom stereocenters. The van der Waals surface area contributed by atoms with Gasteiger partial charge in [-0.15, -0.1) is 11.3 Å².